The predicted octanol–water partition coefficient (Wildman–Crippen LogP) is 3.02. The first-order chi connectivity index (χ1) is 14.1. The molecule has 0 fully saturated rings. The van der Waals surface area contributed by atoms with Gasteiger partial charge in [-0.1, -0.05) is 18.2 Å². The number of anilines is 1. The highest BCUT2D eigenvalue weighted by Gasteiger charge is 2.26. The third-order valence-corrected chi connectivity index (χ3v) is 4.15. The number of aromatic nitrogens is 2. The molecule has 3 rings (SSSR count). The van der Waals surface area contributed by atoms with E-state index in [0.717, 1.165) is 0 Å². The molecule has 1 amide bonds. The average Bonchev–Trinajstić information content (AvgIpc) is 3.41. The van der Waals surface area contributed by atoms with Crippen LogP contribution in [-0.2, 0) is 16.1 Å². The Morgan fingerprint density at radius 1 is 1.24 bits per heavy atom. The Kier molecular flexibility index (Phi) is 6.43. The maximum absolute atomic E-state index is 12.8. The molecular weight excluding hydrogens is 372 g/mol. The summed E-state index contributed by atoms with van der Waals surface area (Å²) < 4.78 is 12.5. The fourth-order valence-electron chi connectivity index (χ4n) is 2.75. The van der Waals surface area contributed by atoms with Gasteiger partial charge in [0.15, 0.2) is 6.10 Å². The number of esters is 1. The number of rotatable bonds is 8. The minimum Gasteiger partial charge on any atom is -0.452 e. The highest BCUT2D eigenvalue weighted by molar-refractivity contribution is 5.98. The van der Waals surface area contributed by atoms with Crippen LogP contribution in [0.25, 0.3) is 0 Å². The first kappa shape index (κ1) is 19.9. The van der Waals surface area contributed by atoms with Crippen molar-refractivity contribution in [2.45, 2.75) is 26.0 Å². The van der Waals surface area contributed by atoms with E-state index >= 15 is 0 Å². The van der Waals surface area contributed by atoms with Gasteiger partial charge in [-0.3, -0.25) is 9.48 Å². The van der Waals surface area contributed by atoms with Gasteiger partial charge < -0.3 is 14.1 Å². The third kappa shape index (κ3) is 5.11. The van der Waals surface area contributed by atoms with Crippen LogP contribution in [0, 0.1) is 11.3 Å². The molecule has 0 radical (unpaired) electrons. The molecule has 0 saturated carbocycles. The van der Waals surface area contributed by atoms with Crippen LogP contribution in [0.3, 0.4) is 0 Å². The highest BCUT2D eigenvalue weighted by atomic mass is 16.6. The predicted molar refractivity (Wildman–Crippen MR) is 104 cm³/mol. The monoisotopic (exact) mass is 392 g/mol. The van der Waals surface area contributed by atoms with E-state index in [0.29, 0.717) is 18.0 Å². The second-order valence-corrected chi connectivity index (χ2v) is 6.25. The van der Waals surface area contributed by atoms with E-state index in [9.17, 15) is 9.59 Å². The summed E-state index contributed by atoms with van der Waals surface area (Å²) in [5, 5.41) is 13.0. The molecule has 1 unspecified atom stereocenters. The summed E-state index contributed by atoms with van der Waals surface area (Å²) in [6.45, 7) is 2.08. The molecule has 0 spiro atoms. The number of para-hydroxylation sites is 1. The molecule has 0 saturated heterocycles. The second kappa shape index (κ2) is 9.37. The minimum absolute atomic E-state index is 0.00934. The molecule has 8 heteroatoms. The van der Waals surface area contributed by atoms with Gasteiger partial charge in [-0.25, -0.2) is 4.79 Å². The van der Waals surface area contributed by atoms with Gasteiger partial charge in [-0.2, -0.15) is 10.4 Å². The molecule has 29 heavy (non-hydrogen) atoms. The lowest BCUT2D eigenvalue weighted by Gasteiger charge is -2.24. The van der Waals surface area contributed by atoms with Crippen LogP contribution in [0.15, 0.2) is 65.3 Å². The Hall–Kier alpha value is -3.86. The van der Waals surface area contributed by atoms with Crippen LogP contribution in [0.1, 0.15) is 29.7 Å². The molecule has 0 N–H and O–H groups in total. The minimum atomic E-state index is -1.04. The molecule has 0 aliphatic heterocycles. The number of furan rings is 1. The summed E-state index contributed by atoms with van der Waals surface area (Å²) in [7, 11) is 0. The largest absolute Gasteiger partial charge is 0.452 e. The topological polar surface area (TPSA) is 101 Å². The lowest BCUT2D eigenvalue weighted by Crippen LogP contribution is -2.40. The molecule has 1 aromatic carbocycles. The number of amides is 1. The number of carbonyl (C=O) groups excluding carboxylic acids is 2. The number of ether oxygens (including phenoxy) is 1. The average molecular weight is 392 g/mol. The first-order valence-electron chi connectivity index (χ1n) is 9.09. The van der Waals surface area contributed by atoms with Crippen LogP contribution >= 0.6 is 0 Å². The van der Waals surface area contributed by atoms with Crippen molar-refractivity contribution in [1.29, 1.82) is 5.26 Å². The van der Waals surface area contributed by atoms with Gasteiger partial charge in [0.05, 0.1) is 19.0 Å². The van der Waals surface area contributed by atoms with E-state index in [4.69, 9.17) is 14.4 Å². The van der Waals surface area contributed by atoms with E-state index in [1.165, 1.54) is 17.9 Å². The van der Waals surface area contributed by atoms with Crippen molar-refractivity contribution in [2.24, 2.45) is 0 Å². The molecule has 2 heterocycles. The molecule has 0 bridgehead atoms. The zero-order chi connectivity index (χ0) is 20.6. The van der Waals surface area contributed by atoms with Crippen LogP contribution < -0.4 is 4.90 Å². The quantitative estimate of drug-likeness (QED) is 0.546. The van der Waals surface area contributed by atoms with Gasteiger partial charge >= 0.3 is 5.97 Å². The maximum atomic E-state index is 12.8. The van der Waals surface area contributed by atoms with E-state index in [-0.39, 0.29) is 18.7 Å². The smallest absolute Gasteiger partial charge is 0.375 e. The molecule has 148 valence electrons. The molecule has 0 aliphatic rings. The summed E-state index contributed by atoms with van der Waals surface area (Å²) in [4.78, 5) is 26.7. The van der Waals surface area contributed by atoms with Gasteiger partial charge in [0.1, 0.15) is 5.76 Å². The third-order valence-electron chi connectivity index (χ3n) is 4.15. The molecule has 1 atom stereocenters. The number of hydrogen-bond donors (Lipinski definition) is 0. The van der Waals surface area contributed by atoms with E-state index in [2.05, 4.69) is 5.10 Å². The summed E-state index contributed by atoms with van der Waals surface area (Å²) >= 11 is 0. The van der Waals surface area contributed by atoms with Crippen LogP contribution in [-0.4, -0.2) is 34.3 Å². The van der Waals surface area contributed by atoms with Gasteiger partial charge in [0.2, 0.25) is 5.76 Å². The summed E-state index contributed by atoms with van der Waals surface area (Å²) in [5.41, 5.74) is 0.634. The van der Waals surface area contributed by atoms with Gasteiger partial charge in [0.25, 0.3) is 5.91 Å². The summed E-state index contributed by atoms with van der Waals surface area (Å²) in [6, 6.07) is 15.9. The molecule has 3 aromatic rings. The van der Waals surface area contributed by atoms with Crippen LogP contribution in [0.5, 0.6) is 0 Å². The van der Waals surface area contributed by atoms with Gasteiger partial charge in [-0.15, -0.1) is 0 Å². The number of nitrogens with zero attached hydrogens (tertiary/aromatic N) is 4. The maximum Gasteiger partial charge on any atom is 0.375 e. The van der Waals surface area contributed by atoms with Crippen molar-refractivity contribution in [3.63, 3.8) is 0 Å². The number of hydrogen-bond acceptors (Lipinski definition) is 6. The van der Waals surface area contributed by atoms with E-state index in [1.807, 2.05) is 12.1 Å². The normalized spacial score (nSPS) is 11.4. The second-order valence-electron chi connectivity index (χ2n) is 6.25. The van der Waals surface area contributed by atoms with Crippen molar-refractivity contribution in [3.05, 3.63) is 72.4 Å². The molecule has 0 aliphatic carbocycles. The van der Waals surface area contributed by atoms with E-state index < -0.39 is 18.0 Å². The van der Waals surface area contributed by atoms with Crippen molar-refractivity contribution in [3.8, 4) is 6.07 Å². The summed E-state index contributed by atoms with van der Waals surface area (Å²) in [6.07, 6.45) is 2.55. The Balaban J connectivity index is 1.65. The lowest BCUT2D eigenvalue weighted by molar-refractivity contribution is -0.126. The summed E-state index contributed by atoms with van der Waals surface area (Å²) in [5.74, 6) is -0.594. The van der Waals surface area contributed by atoms with Crippen molar-refractivity contribution < 1.29 is 18.7 Å². The fraction of sp³-hybridized carbons (Fsp3) is 0.238. The lowest BCUT2D eigenvalue weighted by atomic mass is 10.2. The zero-order valence-corrected chi connectivity index (χ0v) is 15.9. The van der Waals surface area contributed by atoms with Gasteiger partial charge in [0, 0.05) is 24.6 Å². The Labute approximate surface area is 167 Å². The highest BCUT2D eigenvalue weighted by Crippen LogP contribution is 2.17. The Morgan fingerprint density at radius 2 is 2.03 bits per heavy atom. The number of nitriles is 1. The SMILES string of the molecule is CC(OC(=O)c1ccc(Cn2cccn2)o1)C(=O)N(CCC#N)c1ccccc1. The van der Waals surface area contributed by atoms with Crippen molar-refractivity contribution >= 4 is 17.6 Å². The Morgan fingerprint density at radius 3 is 2.72 bits per heavy atom. The number of carbonyl (C=O) groups is 2. The van der Waals surface area contributed by atoms with Crippen molar-refractivity contribution in [2.75, 3.05) is 11.4 Å². The molecule has 2 aromatic heterocycles. The number of benzene rings is 1. The van der Waals surface area contributed by atoms with Gasteiger partial charge in [-0.05, 0) is 37.3 Å². The first-order valence-corrected chi connectivity index (χ1v) is 9.09. The molecular formula is C21H20N4O4. The zero-order valence-electron chi connectivity index (χ0n) is 15.9. The van der Waals surface area contributed by atoms with Crippen LogP contribution in [0.2, 0.25) is 0 Å². The van der Waals surface area contributed by atoms with Crippen LogP contribution in [0.4, 0.5) is 5.69 Å². The van der Waals surface area contributed by atoms with E-state index in [1.54, 1.807) is 53.5 Å². The Bertz CT molecular complexity index is 989. The standard InChI is InChI=1S/C21H20N4O4/c1-16(20(26)25(14-5-11-22)17-7-3-2-4-8-17)28-21(27)19-10-9-18(29-19)15-24-13-6-12-23-24/h2-4,6-10,12-13,16H,5,14-15H2,1H3. The molecule has 8 nitrogen and oxygen atoms in total. The van der Waals surface area contributed by atoms with Crippen molar-refractivity contribution in [1.82, 2.24) is 9.78 Å². The fourth-order valence-corrected chi connectivity index (χ4v) is 2.75.